The summed E-state index contributed by atoms with van der Waals surface area (Å²) in [6.45, 7) is 0. The molecule has 1 unspecified atom stereocenters. The van der Waals surface area contributed by atoms with Crippen molar-refractivity contribution in [2.45, 2.75) is 15.2 Å². The Kier molecular flexibility index (Phi) is 7.97. The van der Waals surface area contributed by atoms with Crippen LogP contribution in [0.25, 0.3) is 105 Å². The number of hydrogen-bond donors (Lipinski definition) is 0. The summed E-state index contributed by atoms with van der Waals surface area (Å²) in [5.74, 6) is 0. The molecular formula is C65H39N5S. The molecule has 9 aromatic carbocycles. The number of fused-ring (bicyclic) bond motifs is 18. The van der Waals surface area contributed by atoms with E-state index in [0.29, 0.717) is 0 Å². The van der Waals surface area contributed by atoms with E-state index >= 15 is 0 Å². The predicted molar refractivity (Wildman–Crippen MR) is 292 cm³/mol. The van der Waals surface area contributed by atoms with Crippen LogP contribution in [0.15, 0.2) is 247 Å². The zero-order chi connectivity index (χ0) is 46.4. The number of aromatic nitrogens is 5. The van der Waals surface area contributed by atoms with Crippen LogP contribution in [-0.2, 0) is 5.41 Å². The zero-order valence-electron chi connectivity index (χ0n) is 38.2. The van der Waals surface area contributed by atoms with E-state index in [1.54, 1.807) is 0 Å². The van der Waals surface area contributed by atoms with Gasteiger partial charge in [0, 0.05) is 65.2 Å². The summed E-state index contributed by atoms with van der Waals surface area (Å²) in [6, 6.07) is 82.5. The van der Waals surface area contributed by atoms with Crippen LogP contribution in [0.1, 0.15) is 22.3 Å². The van der Waals surface area contributed by atoms with Crippen LogP contribution in [0, 0.1) is 0 Å². The van der Waals surface area contributed by atoms with Crippen LogP contribution in [-0.4, -0.2) is 23.7 Å². The normalized spacial score (nSPS) is 14.8. The molecule has 330 valence electrons. The van der Waals surface area contributed by atoms with Crippen LogP contribution < -0.4 is 0 Å². The predicted octanol–water partition coefficient (Wildman–Crippen LogP) is 16.3. The first kappa shape index (κ1) is 38.9. The highest BCUT2D eigenvalue weighted by molar-refractivity contribution is 7.99. The maximum Gasteiger partial charge on any atom is 0.0939 e. The van der Waals surface area contributed by atoms with Gasteiger partial charge in [0.05, 0.1) is 61.8 Å². The molecule has 0 N–H and O–H groups in total. The SMILES string of the molecule is c1ccc2c(c1)Sc1cc(-c3ccc4c(c3)c3ccccc3n4-c3ccc(-n4c5ccccc5c5ccccc54)cc3)ccc1C21c2cccnc2-c2ncc(-n3c4ccccc4c4ccccc43)cc21. The average Bonchev–Trinajstić information content (AvgIpc) is 4.15. The molecule has 5 nitrogen and oxygen atoms in total. The van der Waals surface area contributed by atoms with Gasteiger partial charge in [-0.25, -0.2) is 0 Å². The maximum absolute atomic E-state index is 5.35. The van der Waals surface area contributed by atoms with Gasteiger partial charge in [0.2, 0.25) is 0 Å². The fraction of sp³-hybridized carbons (Fsp3) is 0.0154. The van der Waals surface area contributed by atoms with E-state index in [1.165, 1.54) is 92.0 Å². The van der Waals surface area contributed by atoms with E-state index in [2.05, 4.69) is 238 Å². The Bertz CT molecular complexity index is 4470. The molecule has 0 amide bonds. The van der Waals surface area contributed by atoms with E-state index < -0.39 is 5.41 Å². The van der Waals surface area contributed by atoms with Gasteiger partial charge in [-0.2, -0.15) is 0 Å². The van der Waals surface area contributed by atoms with Crippen molar-refractivity contribution in [3.05, 3.63) is 259 Å². The standard InChI is InChI=1S/C65H39N5S/c1-7-21-55-45(14-1)46-15-2-8-22-56(46)68(55)42-29-31-43(32-30-42)69-59-25-11-5-18-49(59)50-36-40(28-34-60(50)69)41-27-33-52-62(37-41)71-61-26-12-6-19-51(61)65(52)53-20-13-35-66-63(53)64-54(65)38-44(39-67-64)70-57-23-9-3-16-47(57)48-17-4-10-24-58(48)70/h1-39H. The van der Waals surface area contributed by atoms with Gasteiger partial charge in [0.1, 0.15) is 0 Å². The largest absolute Gasteiger partial charge is 0.309 e. The van der Waals surface area contributed by atoms with Crippen molar-refractivity contribution in [2.75, 3.05) is 0 Å². The number of rotatable bonds is 4. The molecule has 1 atom stereocenters. The Morgan fingerprint density at radius 2 is 0.761 bits per heavy atom. The van der Waals surface area contributed by atoms with Crippen molar-refractivity contribution >= 4 is 77.2 Å². The van der Waals surface area contributed by atoms with Crippen molar-refractivity contribution in [3.8, 4) is 39.6 Å². The minimum absolute atomic E-state index is 0.634. The van der Waals surface area contributed by atoms with Gasteiger partial charge in [-0.15, -0.1) is 0 Å². The number of hydrogen-bond acceptors (Lipinski definition) is 3. The van der Waals surface area contributed by atoms with Crippen LogP contribution in [0.4, 0.5) is 0 Å². The summed E-state index contributed by atoms with van der Waals surface area (Å²) in [7, 11) is 0. The molecule has 1 aliphatic carbocycles. The lowest BCUT2D eigenvalue weighted by molar-refractivity contribution is 0.719. The highest BCUT2D eigenvalue weighted by Crippen LogP contribution is 2.62. The van der Waals surface area contributed by atoms with Crippen molar-refractivity contribution < 1.29 is 0 Å². The number of pyridine rings is 2. The fourth-order valence-electron chi connectivity index (χ4n) is 12.5. The summed E-state index contributed by atoms with van der Waals surface area (Å²) < 4.78 is 7.18. The van der Waals surface area contributed by atoms with Gasteiger partial charge in [0.15, 0.2) is 0 Å². The third kappa shape index (κ3) is 5.26. The minimum Gasteiger partial charge on any atom is -0.309 e. The van der Waals surface area contributed by atoms with Crippen LogP contribution in [0.3, 0.4) is 0 Å². The van der Waals surface area contributed by atoms with E-state index in [1.807, 2.05) is 24.2 Å². The van der Waals surface area contributed by atoms with E-state index in [9.17, 15) is 0 Å². The molecule has 2 aliphatic rings. The Hall–Kier alpha value is -8.97. The van der Waals surface area contributed by atoms with Crippen LogP contribution in [0.2, 0.25) is 0 Å². The Balaban J connectivity index is 0.847. The molecule has 5 aromatic heterocycles. The van der Waals surface area contributed by atoms with Gasteiger partial charge < -0.3 is 13.7 Å². The van der Waals surface area contributed by atoms with Crippen LogP contribution >= 0.6 is 11.8 Å². The second-order valence-electron chi connectivity index (χ2n) is 18.9. The molecule has 1 aliphatic heterocycles. The number of benzene rings is 9. The van der Waals surface area contributed by atoms with Crippen molar-refractivity contribution in [1.29, 1.82) is 0 Å². The second kappa shape index (κ2) is 14.5. The first-order valence-corrected chi connectivity index (χ1v) is 25.0. The third-order valence-electron chi connectivity index (χ3n) is 15.4. The van der Waals surface area contributed by atoms with Crippen molar-refractivity contribution in [3.63, 3.8) is 0 Å². The fourth-order valence-corrected chi connectivity index (χ4v) is 13.7. The number of nitrogens with zero attached hydrogens (tertiary/aromatic N) is 5. The molecule has 0 radical (unpaired) electrons. The lowest BCUT2D eigenvalue weighted by atomic mass is 9.67. The molecule has 0 bridgehead atoms. The Labute approximate surface area is 412 Å². The molecule has 6 heterocycles. The lowest BCUT2D eigenvalue weighted by Gasteiger charge is -2.39. The summed E-state index contributed by atoms with van der Waals surface area (Å²) in [6.07, 6.45) is 3.95. The molecule has 1 spiro atoms. The molecule has 0 fully saturated rings. The van der Waals surface area contributed by atoms with E-state index in [4.69, 9.17) is 9.97 Å². The second-order valence-corrected chi connectivity index (χ2v) is 20.0. The molecule has 6 heteroatoms. The molecular weight excluding hydrogens is 883 g/mol. The van der Waals surface area contributed by atoms with Crippen molar-refractivity contribution in [2.24, 2.45) is 0 Å². The lowest BCUT2D eigenvalue weighted by Crippen LogP contribution is -2.32. The summed E-state index contributed by atoms with van der Waals surface area (Å²) in [5.41, 5.74) is 18.9. The third-order valence-corrected chi connectivity index (χ3v) is 16.5. The molecule has 14 aromatic rings. The monoisotopic (exact) mass is 921 g/mol. The highest BCUT2D eigenvalue weighted by Gasteiger charge is 2.52. The summed E-state index contributed by atoms with van der Waals surface area (Å²) in [4.78, 5) is 12.9. The minimum atomic E-state index is -0.634. The topological polar surface area (TPSA) is 40.6 Å². The Morgan fingerprint density at radius 1 is 0.310 bits per heavy atom. The van der Waals surface area contributed by atoms with Gasteiger partial charge in [0.25, 0.3) is 0 Å². The average molecular weight is 922 g/mol. The van der Waals surface area contributed by atoms with Crippen LogP contribution in [0.5, 0.6) is 0 Å². The summed E-state index contributed by atoms with van der Waals surface area (Å²) >= 11 is 1.86. The molecule has 16 rings (SSSR count). The first-order valence-electron chi connectivity index (χ1n) is 24.2. The van der Waals surface area contributed by atoms with Crippen molar-refractivity contribution in [1.82, 2.24) is 23.7 Å². The van der Waals surface area contributed by atoms with Gasteiger partial charge in [-0.1, -0.05) is 145 Å². The smallest absolute Gasteiger partial charge is 0.0939 e. The molecule has 0 saturated heterocycles. The number of para-hydroxylation sites is 5. The van der Waals surface area contributed by atoms with Gasteiger partial charge in [-0.05, 0) is 119 Å². The zero-order valence-corrected chi connectivity index (χ0v) is 39.0. The van der Waals surface area contributed by atoms with Gasteiger partial charge >= 0.3 is 0 Å². The Morgan fingerprint density at radius 3 is 1.37 bits per heavy atom. The van der Waals surface area contributed by atoms with E-state index in [0.717, 1.165) is 45.0 Å². The summed E-state index contributed by atoms with van der Waals surface area (Å²) in [5, 5.41) is 7.45. The van der Waals surface area contributed by atoms with Gasteiger partial charge in [-0.3, -0.25) is 9.97 Å². The van der Waals surface area contributed by atoms with E-state index in [-0.39, 0.29) is 0 Å². The maximum atomic E-state index is 5.35. The first-order chi connectivity index (χ1) is 35.2. The quantitative estimate of drug-likeness (QED) is 0.177. The highest BCUT2D eigenvalue weighted by atomic mass is 32.2. The molecule has 71 heavy (non-hydrogen) atoms. The molecule has 0 saturated carbocycles.